The molecule has 0 fully saturated rings. The van der Waals surface area contributed by atoms with E-state index in [0.717, 1.165) is 6.20 Å². The largest absolute Gasteiger partial charge is 0.477 e. The van der Waals surface area contributed by atoms with Crippen molar-refractivity contribution in [3.63, 3.8) is 0 Å². The molecular formula is C6H10N2O2. The lowest BCUT2D eigenvalue weighted by Gasteiger charge is -1.89. The van der Waals surface area contributed by atoms with Crippen LogP contribution in [0.4, 0.5) is 0 Å². The second-order valence-corrected chi connectivity index (χ2v) is 1.52. The number of nitrogens with two attached hydrogens (primary N) is 1. The Morgan fingerprint density at radius 3 is 2.70 bits per heavy atom. The summed E-state index contributed by atoms with van der Waals surface area (Å²) in [5.74, 6) is -1.05. The molecule has 0 radical (unpaired) electrons. The Hall–Kier alpha value is -1.32. The number of nitrogens with zero attached hydrogens (tertiary/aromatic N) is 1. The molecule has 0 saturated carbocycles. The van der Waals surface area contributed by atoms with E-state index >= 15 is 0 Å². The normalized spacial score (nSPS) is 12.3. The average Bonchev–Trinajstić information content (AvgIpc) is 1.87. The van der Waals surface area contributed by atoms with Crippen molar-refractivity contribution >= 4 is 11.7 Å². The molecule has 0 saturated heterocycles. The Bertz CT molecular complexity index is 173. The standard InChI is InChI=1S/C6H10N2O2/c1-2-8-5(3-4-7)6(9)10/h3-4H,2,7H2,1H3,(H,9,10). The fraction of sp³-hybridized carbons (Fsp3) is 0.333. The van der Waals surface area contributed by atoms with Crippen LogP contribution in [0.3, 0.4) is 0 Å². The highest BCUT2D eigenvalue weighted by atomic mass is 16.4. The van der Waals surface area contributed by atoms with Gasteiger partial charge in [-0.1, -0.05) is 0 Å². The molecule has 0 rings (SSSR count). The van der Waals surface area contributed by atoms with Gasteiger partial charge in [-0.3, -0.25) is 4.99 Å². The Morgan fingerprint density at radius 2 is 2.40 bits per heavy atom. The third-order valence-electron chi connectivity index (χ3n) is 0.802. The van der Waals surface area contributed by atoms with Crippen LogP contribution in [0.25, 0.3) is 0 Å². The minimum atomic E-state index is -1.05. The molecule has 0 bridgehead atoms. The van der Waals surface area contributed by atoms with Gasteiger partial charge in [0.1, 0.15) is 5.71 Å². The van der Waals surface area contributed by atoms with E-state index in [2.05, 4.69) is 4.99 Å². The lowest BCUT2D eigenvalue weighted by Crippen LogP contribution is -2.10. The Labute approximate surface area is 59.1 Å². The molecule has 3 N–H and O–H groups in total. The van der Waals surface area contributed by atoms with E-state index in [1.54, 1.807) is 6.92 Å². The molecule has 0 aromatic carbocycles. The van der Waals surface area contributed by atoms with Crippen LogP contribution in [-0.4, -0.2) is 23.3 Å². The summed E-state index contributed by atoms with van der Waals surface area (Å²) in [4.78, 5) is 13.9. The number of aliphatic carboxylic acids is 1. The Balaban J connectivity index is 4.26. The van der Waals surface area contributed by atoms with Crippen LogP contribution in [0, 0.1) is 0 Å². The van der Waals surface area contributed by atoms with Crippen LogP contribution in [0.15, 0.2) is 17.3 Å². The molecule has 0 spiro atoms. The lowest BCUT2D eigenvalue weighted by molar-refractivity contribution is -0.129. The van der Waals surface area contributed by atoms with E-state index in [1.807, 2.05) is 0 Å². The van der Waals surface area contributed by atoms with Gasteiger partial charge in [-0.25, -0.2) is 4.79 Å². The quantitative estimate of drug-likeness (QED) is 0.545. The number of hydrogen-bond donors (Lipinski definition) is 2. The molecular weight excluding hydrogens is 132 g/mol. The van der Waals surface area contributed by atoms with Gasteiger partial charge in [-0.05, 0) is 19.2 Å². The van der Waals surface area contributed by atoms with Crippen molar-refractivity contribution in [1.82, 2.24) is 0 Å². The molecule has 56 valence electrons. The first-order chi connectivity index (χ1) is 4.72. The van der Waals surface area contributed by atoms with Crippen molar-refractivity contribution in [2.45, 2.75) is 6.92 Å². The monoisotopic (exact) mass is 142 g/mol. The van der Waals surface area contributed by atoms with Crippen molar-refractivity contribution in [1.29, 1.82) is 0 Å². The molecule has 0 atom stereocenters. The first-order valence-corrected chi connectivity index (χ1v) is 2.88. The lowest BCUT2D eigenvalue weighted by atomic mass is 10.3. The van der Waals surface area contributed by atoms with Crippen molar-refractivity contribution in [2.75, 3.05) is 6.54 Å². The van der Waals surface area contributed by atoms with Gasteiger partial charge in [0.25, 0.3) is 0 Å². The maximum Gasteiger partial charge on any atom is 0.354 e. The van der Waals surface area contributed by atoms with Crippen molar-refractivity contribution < 1.29 is 9.90 Å². The second kappa shape index (κ2) is 4.55. The topological polar surface area (TPSA) is 75.7 Å². The third kappa shape index (κ3) is 2.86. The van der Waals surface area contributed by atoms with Gasteiger partial charge in [-0.2, -0.15) is 0 Å². The summed E-state index contributed by atoms with van der Waals surface area (Å²) in [5, 5.41) is 8.40. The zero-order valence-electron chi connectivity index (χ0n) is 5.74. The molecule has 0 aliphatic rings. The molecule has 0 aromatic heterocycles. The number of aliphatic imine (C=N–C) groups is 1. The first kappa shape index (κ1) is 8.68. The predicted octanol–water partition coefficient (Wildman–Crippen LogP) is 0.00430. The molecule has 0 aromatic rings. The number of carboxylic acids is 1. The summed E-state index contributed by atoms with van der Waals surface area (Å²) in [6.45, 7) is 2.21. The average molecular weight is 142 g/mol. The number of carboxylic acid groups (broad SMARTS) is 1. The highest BCUT2D eigenvalue weighted by Crippen LogP contribution is 1.81. The highest BCUT2D eigenvalue weighted by molar-refractivity contribution is 6.40. The number of carbonyl (C=O) groups is 1. The van der Waals surface area contributed by atoms with E-state index in [0.29, 0.717) is 6.54 Å². The molecule has 4 nitrogen and oxygen atoms in total. The van der Waals surface area contributed by atoms with Crippen molar-refractivity contribution in [3.8, 4) is 0 Å². The number of rotatable bonds is 3. The molecule has 10 heavy (non-hydrogen) atoms. The highest BCUT2D eigenvalue weighted by Gasteiger charge is 2.01. The molecule has 0 amide bonds. The summed E-state index contributed by atoms with van der Waals surface area (Å²) >= 11 is 0. The molecule has 4 heteroatoms. The van der Waals surface area contributed by atoms with Gasteiger partial charge >= 0.3 is 5.97 Å². The van der Waals surface area contributed by atoms with Crippen LogP contribution in [-0.2, 0) is 4.79 Å². The van der Waals surface area contributed by atoms with Gasteiger partial charge in [0.15, 0.2) is 0 Å². The summed E-state index contributed by atoms with van der Waals surface area (Å²) < 4.78 is 0. The number of hydrogen-bond acceptors (Lipinski definition) is 3. The fourth-order valence-electron chi connectivity index (χ4n) is 0.453. The fourth-order valence-corrected chi connectivity index (χ4v) is 0.453. The zero-order valence-corrected chi connectivity index (χ0v) is 5.74. The zero-order chi connectivity index (χ0) is 7.98. The SMILES string of the molecule is CCN=C(C=CN)C(=O)O. The van der Waals surface area contributed by atoms with Crippen LogP contribution >= 0.6 is 0 Å². The molecule has 0 aliphatic heterocycles. The molecule has 0 heterocycles. The summed E-state index contributed by atoms with van der Waals surface area (Å²) in [7, 11) is 0. The Kier molecular flexibility index (Phi) is 3.95. The minimum Gasteiger partial charge on any atom is -0.477 e. The van der Waals surface area contributed by atoms with E-state index in [1.165, 1.54) is 6.08 Å². The van der Waals surface area contributed by atoms with Gasteiger partial charge in [-0.15, -0.1) is 0 Å². The smallest absolute Gasteiger partial charge is 0.354 e. The van der Waals surface area contributed by atoms with Crippen LogP contribution in [0.5, 0.6) is 0 Å². The van der Waals surface area contributed by atoms with Gasteiger partial charge in [0, 0.05) is 6.54 Å². The van der Waals surface area contributed by atoms with Gasteiger partial charge < -0.3 is 10.8 Å². The second-order valence-electron chi connectivity index (χ2n) is 1.52. The van der Waals surface area contributed by atoms with Crippen LogP contribution in [0.1, 0.15) is 6.92 Å². The van der Waals surface area contributed by atoms with Gasteiger partial charge in [0.2, 0.25) is 0 Å². The first-order valence-electron chi connectivity index (χ1n) is 2.88. The molecule has 0 unspecified atom stereocenters. The minimum absolute atomic E-state index is 0.00926. The summed E-state index contributed by atoms with van der Waals surface area (Å²) in [6, 6.07) is 0. The maximum atomic E-state index is 10.2. The van der Waals surface area contributed by atoms with Gasteiger partial charge in [0.05, 0.1) is 0 Å². The van der Waals surface area contributed by atoms with Crippen molar-refractivity contribution in [2.24, 2.45) is 10.7 Å². The third-order valence-corrected chi connectivity index (χ3v) is 0.802. The van der Waals surface area contributed by atoms with E-state index in [9.17, 15) is 4.79 Å². The van der Waals surface area contributed by atoms with Crippen LogP contribution in [0.2, 0.25) is 0 Å². The van der Waals surface area contributed by atoms with Crippen molar-refractivity contribution in [3.05, 3.63) is 12.3 Å². The molecule has 0 aliphatic carbocycles. The van der Waals surface area contributed by atoms with E-state index in [4.69, 9.17) is 10.8 Å². The summed E-state index contributed by atoms with van der Waals surface area (Å²) in [5.41, 5.74) is 4.96. The predicted molar refractivity (Wildman–Crippen MR) is 38.9 cm³/mol. The Morgan fingerprint density at radius 1 is 1.80 bits per heavy atom. The summed E-state index contributed by atoms with van der Waals surface area (Å²) in [6.07, 6.45) is 2.41. The van der Waals surface area contributed by atoms with Crippen LogP contribution < -0.4 is 5.73 Å². The maximum absolute atomic E-state index is 10.2. The van der Waals surface area contributed by atoms with E-state index in [-0.39, 0.29) is 5.71 Å². The van der Waals surface area contributed by atoms with E-state index < -0.39 is 5.97 Å².